The lowest BCUT2D eigenvalue weighted by Gasteiger charge is -2.32. The number of carbonyl (C=O) groups excluding carboxylic acids is 2. The second-order valence-corrected chi connectivity index (χ2v) is 8.49. The minimum atomic E-state index is -0.479. The Balaban J connectivity index is 2.01. The Hall–Kier alpha value is -2.83. The second kappa shape index (κ2) is 9.98. The van der Waals surface area contributed by atoms with Crippen LogP contribution in [0, 0.1) is 11.8 Å². The average molecular weight is 428 g/mol. The fraction of sp³-hybridized carbons (Fsp3) is 0.542. The Morgan fingerprint density at radius 2 is 1.81 bits per heavy atom. The number of ether oxygens (including phenoxy) is 2. The quantitative estimate of drug-likeness (QED) is 0.603. The number of anilines is 1. The van der Waals surface area contributed by atoms with Crippen molar-refractivity contribution in [3.8, 4) is 11.4 Å². The molecule has 1 aliphatic rings. The second-order valence-electron chi connectivity index (χ2n) is 8.49. The van der Waals surface area contributed by atoms with Crippen molar-refractivity contribution in [1.29, 1.82) is 0 Å². The van der Waals surface area contributed by atoms with Crippen LogP contribution >= 0.6 is 0 Å². The average Bonchev–Trinajstić information content (AvgIpc) is 3.19. The van der Waals surface area contributed by atoms with E-state index in [1.807, 2.05) is 38.1 Å². The molecule has 0 saturated heterocycles. The molecule has 1 saturated carbocycles. The van der Waals surface area contributed by atoms with Crippen molar-refractivity contribution >= 4 is 17.7 Å². The third kappa shape index (κ3) is 5.09. The maximum absolute atomic E-state index is 13.5. The monoisotopic (exact) mass is 427 g/mol. The lowest BCUT2D eigenvalue weighted by atomic mass is 9.82. The molecule has 1 amide bonds. The highest BCUT2D eigenvalue weighted by molar-refractivity contribution is 6.02. The maximum atomic E-state index is 13.5. The molecular formula is C24H33N3O4. The summed E-state index contributed by atoms with van der Waals surface area (Å²) < 4.78 is 12.1. The highest BCUT2D eigenvalue weighted by Crippen LogP contribution is 2.33. The van der Waals surface area contributed by atoms with Gasteiger partial charge in [0.15, 0.2) is 5.82 Å². The summed E-state index contributed by atoms with van der Waals surface area (Å²) in [6.45, 7) is 8.15. The predicted molar refractivity (Wildman–Crippen MR) is 120 cm³/mol. The number of benzene rings is 1. The topological polar surface area (TPSA) is 73.7 Å². The van der Waals surface area contributed by atoms with Gasteiger partial charge in [0.05, 0.1) is 19.4 Å². The largest absolute Gasteiger partial charge is 0.497 e. The van der Waals surface area contributed by atoms with E-state index in [2.05, 4.69) is 12.0 Å². The maximum Gasteiger partial charge on any atom is 0.343 e. The molecule has 1 aromatic heterocycles. The predicted octanol–water partition coefficient (Wildman–Crippen LogP) is 4.63. The molecule has 0 N–H and O–H groups in total. The molecule has 1 fully saturated rings. The van der Waals surface area contributed by atoms with Crippen molar-refractivity contribution in [3.05, 3.63) is 36.0 Å². The van der Waals surface area contributed by atoms with Crippen LogP contribution in [0.15, 0.2) is 30.5 Å². The molecule has 0 bridgehead atoms. The van der Waals surface area contributed by atoms with Crippen molar-refractivity contribution in [2.24, 2.45) is 11.8 Å². The number of methoxy groups -OCH3 is 1. The summed E-state index contributed by atoms with van der Waals surface area (Å²) in [4.78, 5) is 27.9. The summed E-state index contributed by atoms with van der Waals surface area (Å²) in [5.41, 5.74) is 1.06. The van der Waals surface area contributed by atoms with Crippen LogP contribution in [-0.2, 0) is 9.53 Å². The molecular weight excluding hydrogens is 394 g/mol. The van der Waals surface area contributed by atoms with Crippen LogP contribution in [0.5, 0.6) is 5.75 Å². The van der Waals surface area contributed by atoms with Crippen molar-refractivity contribution in [2.45, 2.75) is 59.4 Å². The van der Waals surface area contributed by atoms with E-state index in [0.717, 1.165) is 37.1 Å². The molecule has 168 valence electrons. The third-order valence-electron chi connectivity index (χ3n) is 5.87. The Morgan fingerprint density at radius 3 is 2.35 bits per heavy atom. The van der Waals surface area contributed by atoms with Crippen molar-refractivity contribution < 1.29 is 19.1 Å². The first-order chi connectivity index (χ1) is 14.8. The molecule has 1 aliphatic carbocycles. The first kappa shape index (κ1) is 22.8. The summed E-state index contributed by atoms with van der Waals surface area (Å²) in [6, 6.07) is 7.23. The Labute approximate surface area is 184 Å². The summed E-state index contributed by atoms with van der Waals surface area (Å²) >= 11 is 0. The van der Waals surface area contributed by atoms with Gasteiger partial charge < -0.3 is 9.47 Å². The van der Waals surface area contributed by atoms with E-state index in [-0.39, 0.29) is 24.5 Å². The van der Waals surface area contributed by atoms with E-state index in [4.69, 9.17) is 9.47 Å². The third-order valence-corrected chi connectivity index (χ3v) is 5.87. The number of hydrogen-bond acceptors (Lipinski definition) is 5. The molecule has 31 heavy (non-hydrogen) atoms. The zero-order chi connectivity index (χ0) is 22.5. The molecule has 0 unspecified atom stereocenters. The minimum Gasteiger partial charge on any atom is -0.497 e. The van der Waals surface area contributed by atoms with Gasteiger partial charge >= 0.3 is 5.97 Å². The van der Waals surface area contributed by atoms with Gasteiger partial charge in [0.1, 0.15) is 11.3 Å². The molecule has 3 rings (SSSR count). The fourth-order valence-corrected chi connectivity index (χ4v) is 4.07. The van der Waals surface area contributed by atoms with E-state index >= 15 is 0 Å². The zero-order valence-electron chi connectivity index (χ0n) is 19.1. The van der Waals surface area contributed by atoms with E-state index in [1.165, 1.54) is 0 Å². The van der Waals surface area contributed by atoms with Crippen molar-refractivity contribution in [2.75, 3.05) is 18.6 Å². The highest BCUT2D eigenvalue weighted by atomic mass is 16.5. The number of aromatic nitrogens is 2. The summed E-state index contributed by atoms with van der Waals surface area (Å²) in [7, 11) is 1.61. The Kier molecular flexibility index (Phi) is 7.36. The SMILES string of the molecule is CCOC(=O)c1cn(-c2ccc(OC)cc2)nc1N(C(=O)C1CCC(C)CC1)C(C)C. The van der Waals surface area contributed by atoms with Crippen molar-refractivity contribution in [1.82, 2.24) is 9.78 Å². The molecule has 0 radical (unpaired) electrons. The fourth-order valence-electron chi connectivity index (χ4n) is 4.07. The van der Waals surface area contributed by atoms with Crippen LogP contribution in [0.3, 0.4) is 0 Å². The number of esters is 1. The van der Waals surface area contributed by atoms with E-state index in [9.17, 15) is 9.59 Å². The molecule has 2 aromatic rings. The van der Waals surface area contributed by atoms with Gasteiger partial charge in [0.25, 0.3) is 0 Å². The van der Waals surface area contributed by atoms with Crippen LogP contribution in [0.1, 0.15) is 63.7 Å². The van der Waals surface area contributed by atoms with Gasteiger partial charge in [-0.15, -0.1) is 5.10 Å². The number of rotatable bonds is 7. The van der Waals surface area contributed by atoms with E-state index in [1.54, 1.807) is 29.8 Å². The van der Waals surface area contributed by atoms with Crippen LogP contribution in [0.2, 0.25) is 0 Å². The van der Waals surface area contributed by atoms with Gasteiger partial charge in [0, 0.05) is 18.2 Å². The van der Waals surface area contributed by atoms with Crippen molar-refractivity contribution in [3.63, 3.8) is 0 Å². The van der Waals surface area contributed by atoms with E-state index < -0.39 is 5.97 Å². The van der Waals surface area contributed by atoms with Crippen LogP contribution in [0.4, 0.5) is 5.82 Å². The van der Waals surface area contributed by atoms with Gasteiger partial charge in [-0.05, 0) is 76.6 Å². The number of amides is 1. The molecule has 1 aromatic carbocycles. The smallest absolute Gasteiger partial charge is 0.343 e. The molecule has 0 aliphatic heterocycles. The first-order valence-corrected chi connectivity index (χ1v) is 11.1. The molecule has 7 nitrogen and oxygen atoms in total. The summed E-state index contributed by atoms with van der Waals surface area (Å²) in [6.07, 6.45) is 5.48. The molecule has 0 atom stereocenters. The number of hydrogen-bond donors (Lipinski definition) is 0. The number of nitrogens with zero attached hydrogens (tertiary/aromatic N) is 3. The van der Waals surface area contributed by atoms with Gasteiger partial charge in [-0.25, -0.2) is 9.48 Å². The summed E-state index contributed by atoms with van der Waals surface area (Å²) in [5.74, 6) is 1.25. The van der Waals surface area contributed by atoms with Gasteiger partial charge in [-0.1, -0.05) is 6.92 Å². The van der Waals surface area contributed by atoms with E-state index in [0.29, 0.717) is 17.3 Å². The Bertz CT molecular complexity index is 896. The molecule has 0 spiro atoms. The lowest BCUT2D eigenvalue weighted by Crippen LogP contribution is -2.43. The molecule has 7 heteroatoms. The van der Waals surface area contributed by atoms with Gasteiger partial charge in [0.2, 0.25) is 5.91 Å². The van der Waals surface area contributed by atoms with Gasteiger partial charge in [-0.3, -0.25) is 9.69 Å². The highest BCUT2D eigenvalue weighted by Gasteiger charge is 2.34. The zero-order valence-corrected chi connectivity index (χ0v) is 19.1. The minimum absolute atomic E-state index is 0.0347. The lowest BCUT2D eigenvalue weighted by molar-refractivity contribution is -0.123. The first-order valence-electron chi connectivity index (χ1n) is 11.1. The normalized spacial score (nSPS) is 18.6. The summed E-state index contributed by atoms with van der Waals surface area (Å²) in [5, 5.41) is 4.67. The van der Waals surface area contributed by atoms with Crippen LogP contribution in [0.25, 0.3) is 5.69 Å². The van der Waals surface area contributed by atoms with Crippen LogP contribution in [-0.4, -0.2) is 41.4 Å². The van der Waals surface area contributed by atoms with Crippen LogP contribution < -0.4 is 9.64 Å². The van der Waals surface area contributed by atoms with Gasteiger partial charge in [-0.2, -0.15) is 0 Å². The number of carbonyl (C=O) groups is 2. The Morgan fingerprint density at radius 1 is 1.16 bits per heavy atom. The standard InChI is InChI=1S/C24H33N3O4/c1-6-31-24(29)21-15-26(19-11-13-20(30-5)14-12-19)25-22(21)27(16(2)3)23(28)18-9-7-17(4)8-10-18/h11-18H,6-10H2,1-5H3. The molecule has 1 heterocycles.